The largest absolute Gasteiger partial charge is 0.367 e. The molecule has 222 valence electrons. The van der Waals surface area contributed by atoms with Crippen molar-refractivity contribution in [2.45, 2.75) is 80.8 Å². The molecule has 0 spiro atoms. The molecule has 0 bridgehead atoms. The summed E-state index contributed by atoms with van der Waals surface area (Å²) in [5.41, 5.74) is 11.0. The van der Waals surface area contributed by atoms with Gasteiger partial charge in [-0.05, 0) is 88.8 Å². The molecule has 2 nitrogen and oxygen atoms in total. The Kier molecular flexibility index (Phi) is 11.0. The Morgan fingerprint density at radius 1 is 0.667 bits per heavy atom. The van der Waals surface area contributed by atoms with E-state index in [9.17, 15) is 0 Å². The summed E-state index contributed by atoms with van der Waals surface area (Å²) >= 11 is 0. The summed E-state index contributed by atoms with van der Waals surface area (Å²) in [5, 5.41) is 2.61. The quantitative estimate of drug-likeness (QED) is 0.109. The minimum Gasteiger partial charge on any atom is -0.367 e. The molecule has 0 aliphatic heterocycles. The lowest BCUT2D eigenvalue weighted by molar-refractivity contribution is -0.938. The number of hydrogen-bond donors (Lipinski definition) is 0. The first kappa shape index (κ1) is 31.6. The molecule has 0 N–H and O–H groups in total. The Morgan fingerprint density at radius 3 is 1.86 bits per heavy atom. The van der Waals surface area contributed by atoms with E-state index in [1.807, 2.05) is 0 Å². The topological polar surface area (TPSA) is 3.24 Å². The van der Waals surface area contributed by atoms with Gasteiger partial charge in [0.1, 0.15) is 6.54 Å². The van der Waals surface area contributed by atoms with Gasteiger partial charge in [0.15, 0.2) is 0 Å². The third-order valence-electron chi connectivity index (χ3n) is 8.89. The molecule has 0 atom stereocenters. The highest BCUT2D eigenvalue weighted by atomic mass is 15.3. The molecule has 4 aromatic carbocycles. The second-order valence-corrected chi connectivity index (χ2v) is 12.5. The normalized spacial score (nSPS) is 12.2. The van der Waals surface area contributed by atoms with Gasteiger partial charge in [-0.2, -0.15) is 0 Å². The SMILES string of the molecule is CC/C=C(\c1ccc2ccccc2c1)N(CCCC[N+](CC)(CC)Cc1cc(C)cc(C)c1)Cc1cc(C)cc(C)c1. The van der Waals surface area contributed by atoms with Gasteiger partial charge in [-0.15, -0.1) is 0 Å². The zero-order valence-corrected chi connectivity index (χ0v) is 27.3. The molecule has 0 heterocycles. The van der Waals surface area contributed by atoms with Crippen LogP contribution in [0, 0.1) is 27.7 Å². The van der Waals surface area contributed by atoms with Gasteiger partial charge in [0, 0.05) is 24.4 Å². The molecule has 0 saturated heterocycles. The fraction of sp³-hybridized carbons (Fsp3) is 0.400. The standard InChI is InChI=1S/C40H53N2/c1-8-15-40(39-19-18-37-16-11-12-17-38(37)28-39)41(29-35-24-31(4)22-32(5)25-35)20-13-14-21-42(9-2,10-3)30-36-26-33(6)23-34(7)27-36/h11-12,15-19,22-28H,8-10,13-14,20-21,29-30H2,1-7H3/q+1/b40-15+. The molecular weight excluding hydrogens is 508 g/mol. The van der Waals surface area contributed by atoms with Crippen LogP contribution in [0.1, 0.15) is 79.0 Å². The Balaban J connectivity index is 1.56. The Hall–Kier alpha value is -3.36. The van der Waals surface area contributed by atoms with Crippen LogP contribution in [0.4, 0.5) is 0 Å². The van der Waals surface area contributed by atoms with Crippen LogP contribution in [-0.2, 0) is 13.1 Å². The van der Waals surface area contributed by atoms with Crippen LogP contribution < -0.4 is 0 Å². The number of quaternary nitrogens is 1. The maximum Gasteiger partial charge on any atom is 0.104 e. The zero-order chi connectivity index (χ0) is 30.1. The van der Waals surface area contributed by atoms with E-state index in [4.69, 9.17) is 0 Å². The summed E-state index contributed by atoms with van der Waals surface area (Å²) in [7, 11) is 0. The Morgan fingerprint density at radius 2 is 1.26 bits per heavy atom. The lowest BCUT2D eigenvalue weighted by Crippen LogP contribution is -2.47. The van der Waals surface area contributed by atoms with E-state index in [2.05, 4.69) is 138 Å². The third-order valence-corrected chi connectivity index (χ3v) is 8.89. The smallest absolute Gasteiger partial charge is 0.104 e. The molecule has 0 unspecified atom stereocenters. The summed E-state index contributed by atoms with van der Waals surface area (Å²) in [6, 6.07) is 29.8. The number of fused-ring (bicyclic) bond motifs is 1. The molecule has 0 aliphatic rings. The molecule has 2 heteroatoms. The fourth-order valence-corrected chi connectivity index (χ4v) is 6.78. The average molecular weight is 562 g/mol. The maximum absolute atomic E-state index is 2.65. The third kappa shape index (κ3) is 8.35. The lowest BCUT2D eigenvalue weighted by atomic mass is 10.0. The van der Waals surface area contributed by atoms with Gasteiger partial charge in [-0.25, -0.2) is 0 Å². The zero-order valence-electron chi connectivity index (χ0n) is 27.3. The van der Waals surface area contributed by atoms with Gasteiger partial charge in [0.25, 0.3) is 0 Å². The predicted octanol–water partition coefficient (Wildman–Crippen LogP) is 10.2. The number of hydrogen-bond acceptors (Lipinski definition) is 1. The van der Waals surface area contributed by atoms with Crippen LogP contribution in [0.2, 0.25) is 0 Å². The van der Waals surface area contributed by atoms with Crippen molar-refractivity contribution in [3.05, 3.63) is 124 Å². The van der Waals surface area contributed by atoms with Crippen LogP contribution in [-0.4, -0.2) is 35.6 Å². The number of rotatable bonds is 14. The number of aryl methyl sites for hydroxylation is 4. The van der Waals surface area contributed by atoms with Crippen molar-refractivity contribution in [1.82, 2.24) is 4.90 Å². The van der Waals surface area contributed by atoms with Crippen molar-refractivity contribution in [1.29, 1.82) is 0 Å². The highest BCUT2D eigenvalue weighted by Crippen LogP contribution is 2.28. The number of unbranched alkanes of at least 4 members (excludes halogenated alkanes) is 1. The number of benzene rings is 4. The fourth-order valence-electron chi connectivity index (χ4n) is 6.78. The first-order valence-corrected chi connectivity index (χ1v) is 16.2. The van der Waals surface area contributed by atoms with E-state index in [-0.39, 0.29) is 0 Å². The first-order chi connectivity index (χ1) is 20.2. The first-order valence-electron chi connectivity index (χ1n) is 16.2. The summed E-state index contributed by atoms with van der Waals surface area (Å²) in [6.45, 7) is 22.6. The average Bonchev–Trinajstić information content (AvgIpc) is 2.95. The van der Waals surface area contributed by atoms with Crippen molar-refractivity contribution in [3.63, 3.8) is 0 Å². The van der Waals surface area contributed by atoms with Crippen LogP contribution in [0.3, 0.4) is 0 Å². The molecule has 0 amide bonds. The molecule has 4 rings (SSSR count). The second kappa shape index (κ2) is 14.7. The second-order valence-electron chi connectivity index (χ2n) is 12.5. The van der Waals surface area contributed by atoms with Gasteiger partial charge in [0.05, 0.1) is 19.6 Å². The van der Waals surface area contributed by atoms with Gasteiger partial charge in [-0.3, -0.25) is 0 Å². The van der Waals surface area contributed by atoms with Gasteiger partial charge in [-0.1, -0.05) is 108 Å². The number of allylic oxidation sites excluding steroid dienone is 1. The van der Waals surface area contributed by atoms with E-state index in [0.29, 0.717) is 0 Å². The molecule has 0 aliphatic carbocycles. The van der Waals surface area contributed by atoms with Crippen LogP contribution in [0.25, 0.3) is 16.5 Å². The van der Waals surface area contributed by atoms with E-state index in [0.717, 1.165) is 30.5 Å². The highest BCUT2D eigenvalue weighted by molar-refractivity contribution is 5.86. The summed E-state index contributed by atoms with van der Waals surface area (Å²) in [4.78, 5) is 2.65. The summed E-state index contributed by atoms with van der Waals surface area (Å²) in [6.07, 6.45) is 5.87. The number of nitrogens with zero attached hydrogens (tertiary/aromatic N) is 2. The maximum atomic E-state index is 2.65. The van der Waals surface area contributed by atoms with Crippen LogP contribution in [0.15, 0.2) is 84.9 Å². The van der Waals surface area contributed by atoms with Crippen LogP contribution >= 0.6 is 0 Å². The lowest BCUT2D eigenvalue weighted by Gasteiger charge is -2.37. The molecule has 4 aromatic rings. The van der Waals surface area contributed by atoms with Gasteiger partial charge >= 0.3 is 0 Å². The monoisotopic (exact) mass is 561 g/mol. The van der Waals surface area contributed by atoms with E-state index in [1.165, 1.54) is 87.9 Å². The summed E-state index contributed by atoms with van der Waals surface area (Å²) in [5.74, 6) is 0. The minimum atomic E-state index is 0.936. The Labute approximate surface area is 256 Å². The van der Waals surface area contributed by atoms with E-state index >= 15 is 0 Å². The molecule has 0 saturated carbocycles. The highest BCUT2D eigenvalue weighted by Gasteiger charge is 2.24. The Bertz CT molecular complexity index is 1450. The van der Waals surface area contributed by atoms with Crippen molar-refractivity contribution >= 4 is 16.5 Å². The molecule has 0 aromatic heterocycles. The molecular formula is C40H53N2+. The van der Waals surface area contributed by atoms with Crippen molar-refractivity contribution < 1.29 is 4.48 Å². The van der Waals surface area contributed by atoms with Crippen LogP contribution in [0.5, 0.6) is 0 Å². The van der Waals surface area contributed by atoms with E-state index < -0.39 is 0 Å². The molecule has 42 heavy (non-hydrogen) atoms. The molecule has 0 radical (unpaired) electrons. The predicted molar refractivity (Wildman–Crippen MR) is 184 cm³/mol. The van der Waals surface area contributed by atoms with Crippen molar-refractivity contribution in [2.75, 3.05) is 26.2 Å². The molecule has 0 fully saturated rings. The van der Waals surface area contributed by atoms with Gasteiger partial charge < -0.3 is 9.38 Å². The van der Waals surface area contributed by atoms with E-state index in [1.54, 1.807) is 0 Å². The van der Waals surface area contributed by atoms with Crippen molar-refractivity contribution in [3.8, 4) is 0 Å². The summed E-state index contributed by atoms with van der Waals surface area (Å²) < 4.78 is 1.16. The van der Waals surface area contributed by atoms with Crippen molar-refractivity contribution in [2.24, 2.45) is 0 Å². The van der Waals surface area contributed by atoms with Gasteiger partial charge in [0.2, 0.25) is 0 Å². The minimum absolute atomic E-state index is 0.936.